The Hall–Kier alpha value is -7.24. The SMILES string of the molecule is N=N/C(=C\NCCNCCCCCCCCCC(=O)Nc1ccc2c(c1)CN(C1CCC(=O)NC1=O)C2=O)c1ccc(Nc2ncc3c(n2)-c2ccc(Cl)cc2C(c2c(F)cccc2F)=NC3)cc1. The summed E-state index contributed by atoms with van der Waals surface area (Å²) in [6.07, 6.45) is 11.5. The van der Waals surface area contributed by atoms with Crippen molar-refractivity contribution in [3.63, 3.8) is 0 Å². The van der Waals surface area contributed by atoms with Crippen molar-refractivity contribution in [1.29, 1.82) is 5.53 Å². The lowest BCUT2D eigenvalue weighted by molar-refractivity contribution is -0.137. The predicted molar refractivity (Wildman–Crippen MR) is 260 cm³/mol. The number of aliphatic imine (C=N–C) groups is 1. The van der Waals surface area contributed by atoms with E-state index in [1.165, 1.54) is 23.1 Å². The Morgan fingerprint density at radius 1 is 0.855 bits per heavy atom. The highest BCUT2D eigenvalue weighted by Gasteiger charge is 2.39. The first-order valence-corrected chi connectivity index (χ1v) is 23.6. The van der Waals surface area contributed by atoms with E-state index in [0.29, 0.717) is 75.4 Å². The van der Waals surface area contributed by atoms with Crippen LogP contribution in [0.25, 0.3) is 17.0 Å². The van der Waals surface area contributed by atoms with Crippen LogP contribution in [0.5, 0.6) is 0 Å². The molecule has 0 spiro atoms. The van der Waals surface area contributed by atoms with E-state index in [9.17, 15) is 28.0 Å². The summed E-state index contributed by atoms with van der Waals surface area (Å²) >= 11 is 6.36. The normalized spacial score (nSPS) is 15.4. The fourth-order valence-electron chi connectivity index (χ4n) is 8.71. The summed E-state index contributed by atoms with van der Waals surface area (Å²) in [5, 5.41) is 19.3. The molecule has 18 heteroatoms. The maximum Gasteiger partial charge on any atom is 0.255 e. The fourth-order valence-corrected chi connectivity index (χ4v) is 8.88. The molecular formula is C51H52ClF2N11O4. The number of halogens is 3. The van der Waals surface area contributed by atoms with Crippen LogP contribution in [-0.4, -0.2) is 69.9 Å². The zero-order chi connectivity index (χ0) is 48.3. The summed E-state index contributed by atoms with van der Waals surface area (Å²) in [6, 6.07) is 20.7. The van der Waals surface area contributed by atoms with E-state index in [-0.39, 0.29) is 48.5 Å². The Morgan fingerprint density at radius 3 is 2.36 bits per heavy atom. The molecule has 3 aliphatic heterocycles. The summed E-state index contributed by atoms with van der Waals surface area (Å²) in [5.74, 6) is -2.23. The van der Waals surface area contributed by atoms with Crippen molar-refractivity contribution in [3.8, 4) is 11.3 Å². The van der Waals surface area contributed by atoms with Crippen LogP contribution < -0.4 is 26.6 Å². The predicted octanol–water partition coefficient (Wildman–Crippen LogP) is 9.20. The van der Waals surface area contributed by atoms with E-state index in [2.05, 4.69) is 41.7 Å². The quantitative estimate of drug-likeness (QED) is 0.0235. The highest BCUT2D eigenvalue weighted by Crippen LogP contribution is 2.35. The molecule has 0 radical (unpaired) electrons. The lowest BCUT2D eigenvalue weighted by Gasteiger charge is -2.29. The first kappa shape index (κ1) is 48.2. The monoisotopic (exact) mass is 955 g/mol. The molecule has 4 amide bonds. The van der Waals surface area contributed by atoms with Gasteiger partial charge in [-0.1, -0.05) is 68.0 Å². The summed E-state index contributed by atoms with van der Waals surface area (Å²) in [6.45, 7) is 2.69. The first-order chi connectivity index (χ1) is 33.6. The fraction of sp³-hybridized carbons (Fsp3) is 0.314. The van der Waals surface area contributed by atoms with Crippen LogP contribution in [0.2, 0.25) is 5.02 Å². The van der Waals surface area contributed by atoms with Crippen molar-refractivity contribution in [1.82, 2.24) is 30.8 Å². The number of anilines is 3. The van der Waals surface area contributed by atoms with Crippen LogP contribution in [0, 0.1) is 17.2 Å². The van der Waals surface area contributed by atoms with Gasteiger partial charge in [0.2, 0.25) is 23.7 Å². The third-order valence-electron chi connectivity index (χ3n) is 12.3. The molecular weight excluding hydrogens is 904 g/mol. The van der Waals surface area contributed by atoms with E-state index in [0.717, 1.165) is 69.2 Å². The van der Waals surface area contributed by atoms with Crippen LogP contribution in [0.1, 0.15) is 102 Å². The van der Waals surface area contributed by atoms with Crippen LogP contribution >= 0.6 is 11.6 Å². The molecule has 8 rings (SSSR count). The molecule has 1 fully saturated rings. The molecule has 1 saturated heterocycles. The number of fused-ring (bicyclic) bond motifs is 4. The van der Waals surface area contributed by atoms with Crippen molar-refractivity contribution in [2.75, 3.05) is 30.3 Å². The van der Waals surface area contributed by atoms with E-state index >= 15 is 0 Å². The second-order valence-electron chi connectivity index (χ2n) is 17.1. The van der Waals surface area contributed by atoms with Gasteiger partial charge in [0, 0.05) is 89.1 Å². The number of hydrogen-bond acceptors (Lipinski definition) is 12. The molecule has 4 heterocycles. The molecule has 3 aliphatic rings. The average Bonchev–Trinajstić information content (AvgIpc) is 3.57. The van der Waals surface area contributed by atoms with Crippen molar-refractivity contribution < 1.29 is 28.0 Å². The molecule has 0 saturated carbocycles. The summed E-state index contributed by atoms with van der Waals surface area (Å²) in [5.41, 5.74) is 13.8. The minimum Gasteiger partial charge on any atom is -0.388 e. The lowest BCUT2D eigenvalue weighted by Crippen LogP contribution is -2.52. The van der Waals surface area contributed by atoms with Gasteiger partial charge in [0.1, 0.15) is 23.4 Å². The number of benzene rings is 4. The molecule has 6 N–H and O–H groups in total. The highest BCUT2D eigenvalue weighted by atomic mass is 35.5. The molecule has 69 heavy (non-hydrogen) atoms. The number of piperidine rings is 1. The molecule has 356 valence electrons. The second-order valence-corrected chi connectivity index (χ2v) is 17.5. The summed E-state index contributed by atoms with van der Waals surface area (Å²) in [4.78, 5) is 64.8. The van der Waals surface area contributed by atoms with Gasteiger partial charge in [-0.3, -0.25) is 29.5 Å². The number of aromatic nitrogens is 2. The Balaban J connectivity index is 0.694. The van der Waals surface area contributed by atoms with Crippen molar-refractivity contribution in [3.05, 3.63) is 141 Å². The zero-order valence-electron chi connectivity index (χ0n) is 37.8. The third kappa shape index (κ3) is 11.9. The van der Waals surface area contributed by atoms with Gasteiger partial charge in [-0.05, 0) is 86.0 Å². The largest absolute Gasteiger partial charge is 0.388 e. The highest BCUT2D eigenvalue weighted by molar-refractivity contribution is 6.31. The average molecular weight is 956 g/mol. The molecule has 0 aliphatic carbocycles. The van der Waals surface area contributed by atoms with Gasteiger partial charge >= 0.3 is 0 Å². The van der Waals surface area contributed by atoms with Gasteiger partial charge in [0.05, 0.1) is 23.5 Å². The lowest BCUT2D eigenvalue weighted by atomic mass is 9.95. The Bertz CT molecular complexity index is 2800. The number of unbranched alkanes of at least 4 members (excludes halogenated alkanes) is 6. The van der Waals surface area contributed by atoms with Crippen LogP contribution in [-0.2, 0) is 27.5 Å². The molecule has 4 aromatic carbocycles. The van der Waals surface area contributed by atoms with Gasteiger partial charge in [0.25, 0.3) is 5.91 Å². The molecule has 0 bridgehead atoms. The van der Waals surface area contributed by atoms with Crippen molar-refractivity contribution >= 4 is 64.0 Å². The first-order valence-electron chi connectivity index (χ1n) is 23.2. The minimum atomic E-state index is -0.726. The van der Waals surface area contributed by atoms with E-state index in [1.54, 1.807) is 48.8 Å². The Kier molecular flexibility index (Phi) is 15.9. The van der Waals surface area contributed by atoms with Crippen molar-refractivity contribution in [2.45, 2.75) is 83.3 Å². The number of nitrogens with one attached hydrogen (secondary N) is 6. The van der Waals surface area contributed by atoms with E-state index < -0.39 is 23.6 Å². The Morgan fingerprint density at radius 2 is 1.59 bits per heavy atom. The van der Waals surface area contributed by atoms with Crippen LogP contribution in [0.15, 0.2) is 101 Å². The number of nitrogens with zero attached hydrogens (tertiary/aromatic N) is 5. The zero-order valence-corrected chi connectivity index (χ0v) is 38.6. The summed E-state index contributed by atoms with van der Waals surface area (Å²) < 4.78 is 29.9. The number of carbonyl (C=O) groups excluding carboxylic acids is 4. The van der Waals surface area contributed by atoms with Gasteiger partial charge in [-0.2, -0.15) is 5.11 Å². The number of hydrogen-bond donors (Lipinski definition) is 6. The molecule has 15 nitrogen and oxygen atoms in total. The smallest absolute Gasteiger partial charge is 0.255 e. The number of amides is 4. The minimum absolute atomic E-state index is 0.0715. The molecule has 1 unspecified atom stereocenters. The summed E-state index contributed by atoms with van der Waals surface area (Å²) in [7, 11) is 0. The second kappa shape index (κ2) is 22.7. The maximum atomic E-state index is 14.9. The van der Waals surface area contributed by atoms with E-state index in [4.69, 9.17) is 22.1 Å². The number of imide groups is 1. The number of carbonyl (C=O) groups is 4. The van der Waals surface area contributed by atoms with Gasteiger partial charge < -0.3 is 26.2 Å². The molecule has 5 aromatic rings. The van der Waals surface area contributed by atoms with Gasteiger partial charge in [0.15, 0.2) is 0 Å². The van der Waals surface area contributed by atoms with Gasteiger partial charge in [-0.25, -0.2) is 24.3 Å². The maximum absolute atomic E-state index is 14.9. The van der Waals surface area contributed by atoms with Crippen LogP contribution in [0.4, 0.5) is 26.1 Å². The third-order valence-corrected chi connectivity index (χ3v) is 12.5. The van der Waals surface area contributed by atoms with Crippen molar-refractivity contribution in [2.24, 2.45) is 10.1 Å². The van der Waals surface area contributed by atoms with Gasteiger partial charge in [-0.15, -0.1) is 0 Å². The molecule has 1 aromatic heterocycles. The Labute approximate surface area is 403 Å². The topological polar surface area (TPSA) is 206 Å². The van der Waals surface area contributed by atoms with E-state index in [1.807, 2.05) is 24.3 Å². The van der Waals surface area contributed by atoms with Crippen LogP contribution in [0.3, 0.4) is 0 Å². The number of rotatable bonds is 21. The standard InChI is InChI=1S/C51H52ClF2N11O4/c52-34-14-18-38-39(26-34)48(46-40(53)9-8-10-41(46)54)58-27-33-28-59-51(63-47(33)38)61-35-15-12-31(13-16-35)42(64-55)29-57-24-23-56-22-7-5-3-1-2-4-6-11-44(66)60-36-17-19-37-32(25-36)30-65(50(37)69)43-20-21-45(67)62-49(43)68/h8-10,12-19,25-26,28-29,43,55-57H,1-7,11,20-24,27,30H2,(H,60,66)(H,59,61,63)(H,62,67,68)/b42-29-,64-55?. The molecule has 1 atom stereocenters.